The quantitative estimate of drug-likeness (QED) is 0.821. The van der Waals surface area contributed by atoms with Crippen molar-refractivity contribution in [1.29, 1.82) is 0 Å². The summed E-state index contributed by atoms with van der Waals surface area (Å²) in [6, 6.07) is 7.97. The molecule has 4 rings (SSSR count). The molecule has 0 spiro atoms. The molecule has 4 heteroatoms. The highest BCUT2D eigenvalue weighted by molar-refractivity contribution is 9.10. The van der Waals surface area contributed by atoms with E-state index in [4.69, 9.17) is 14.2 Å². The molecule has 3 heterocycles. The molecule has 3 nitrogen and oxygen atoms in total. The van der Waals surface area contributed by atoms with E-state index in [0.29, 0.717) is 0 Å². The van der Waals surface area contributed by atoms with E-state index < -0.39 is 5.97 Å². The van der Waals surface area contributed by atoms with Crippen LogP contribution in [0.25, 0.3) is 0 Å². The van der Waals surface area contributed by atoms with Crippen LogP contribution in [0.15, 0.2) is 28.7 Å². The Morgan fingerprint density at radius 2 is 1.80 bits per heavy atom. The largest absolute Gasteiger partial charge is 0.323 e. The van der Waals surface area contributed by atoms with Gasteiger partial charge in [0.05, 0.1) is 19.3 Å². The lowest BCUT2D eigenvalue weighted by Gasteiger charge is -2.56. The monoisotopic (exact) mass is 340 g/mol. The van der Waals surface area contributed by atoms with Crippen LogP contribution < -0.4 is 0 Å². The lowest BCUT2D eigenvalue weighted by Crippen LogP contribution is -2.62. The molecule has 0 N–H and O–H groups in total. The van der Waals surface area contributed by atoms with Gasteiger partial charge in [0.15, 0.2) is 0 Å². The maximum Gasteiger partial charge on any atom is 0.312 e. The summed E-state index contributed by atoms with van der Waals surface area (Å²) in [6.07, 6.45) is 3.40. The van der Waals surface area contributed by atoms with Crippen molar-refractivity contribution in [2.75, 3.05) is 13.2 Å². The van der Waals surface area contributed by atoms with Crippen LogP contribution in [0.3, 0.4) is 0 Å². The summed E-state index contributed by atoms with van der Waals surface area (Å²) in [5.41, 5.74) is 0.963. The number of benzene rings is 1. The van der Waals surface area contributed by atoms with E-state index in [1.807, 2.05) is 24.3 Å². The number of ether oxygens (including phenoxy) is 3. The second-order valence-electron chi connectivity index (χ2n) is 5.77. The van der Waals surface area contributed by atoms with Gasteiger partial charge in [-0.1, -0.05) is 36.2 Å². The van der Waals surface area contributed by atoms with Crippen molar-refractivity contribution < 1.29 is 14.2 Å². The number of hydrogen-bond donors (Lipinski definition) is 0. The Hall–Kier alpha value is -0.420. The van der Waals surface area contributed by atoms with Crippen LogP contribution in [-0.2, 0) is 20.2 Å². The Morgan fingerprint density at radius 3 is 2.35 bits per heavy atom. The Balaban J connectivity index is 1.89. The molecule has 1 aromatic carbocycles. The number of fused-ring (bicyclic) bond motifs is 3. The van der Waals surface area contributed by atoms with Crippen LogP contribution in [0.4, 0.5) is 0 Å². The van der Waals surface area contributed by atoms with Gasteiger partial charge in [0.25, 0.3) is 0 Å². The average Bonchev–Trinajstić information content (AvgIpc) is 2.49. The summed E-state index contributed by atoms with van der Waals surface area (Å²) >= 11 is 3.45. The molecule has 3 aliphatic heterocycles. The molecule has 1 aromatic rings. The van der Waals surface area contributed by atoms with E-state index in [9.17, 15) is 0 Å². The van der Waals surface area contributed by atoms with Gasteiger partial charge in [0.1, 0.15) is 0 Å². The van der Waals surface area contributed by atoms with E-state index >= 15 is 0 Å². The molecule has 20 heavy (non-hydrogen) atoms. The van der Waals surface area contributed by atoms with Gasteiger partial charge in [-0.05, 0) is 37.1 Å². The standard InChI is InChI=1S/C16H21BrO3/c1-3-9-15-10-18-16(19-11-15,20-14(15)4-2)12-5-7-13(17)8-6-12/h5-8,14H,3-4,9-11H2,1-2H3. The minimum Gasteiger partial charge on any atom is -0.323 e. The molecule has 0 radical (unpaired) electrons. The molecule has 0 amide bonds. The third-order valence-corrected chi connectivity index (χ3v) is 4.92. The Labute approximate surface area is 128 Å². The maximum absolute atomic E-state index is 6.24. The van der Waals surface area contributed by atoms with Crippen molar-refractivity contribution in [1.82, 2.24) is 0 Å². The topological polar surface area (TPSA) is 27.7 Å². The van der Waals surface area contributed by atoms with Crippen LogP contribution in [0.2, 0.25) is 0 Å². The second kappa shape index (κ2) is 5.41. The smallest absolute Gasteiger partial charge is 0.312 e. The van der Waals surface area contributed by atoms with Crippen LogP contribution >= 0.6 is 15.9 Å². The van der Waals surface area contributed by atoms with E-state index in [-0.39, 0.29) is 11.5 Å². The molecular formula is C16H21BrO3. The van der Waals surface area contributed by atoms with Gasteiger partial charge in [-0.2, -0.15) is 0 Å². The van der Waals surface area contributed by atoms with Crippen LogP contribution in [0.1, 0.15) is 38.7 Å². The second-order valence-corrected chi connectivity index (χ2v) is 6.68. The third-order valence-electron chi connectivity index (χ3n) is 4.40. The van der Waals surface area contributed by atoms with Crippen molar-refractivity contribution >= 4 is 15.9 Å². The predicted molar refractivity (Wildman–Crippen MR) is 80.2 cm³/mol. The summed E-state index contributed by atoms with van der Waals surface area (Å²) in [5, 5.41) is 0. The van der Waals surface area contributed by atoms with E-state index in [0.717, 1.165) is 42.5 Å². The average molecular weight is 341 g/mol. The highest BCUT2D eigenvalue weighted by Gasteiger charge is 2.57. The zero-order chi connectivity index (χ0) is 14.2. The molecule has 1 unspecified atom stereocenters. The highest BCUT2D eigenvalue weighted by atomic mass is 79.9. The van der Waals surface area contributed by atoms with Gasteiger partial charge < -0.3 is 14.2 Å². The molecule has 3 saturated heterocycles. The molecule has 2 bridgehead atoms. The van der Waals surface area contributed by atoms with Crippen molar-refractivity contribution in [2.45, 2.75) is 45.2 Å². The highest BCUT2D eigenvalue weighted by Crippen LogP contribution is 2.50. The summed E-state index contributed by atoms with van der Waals surface area (Å²) in [4.78, 5) is 0. The van der Waals surface area contributed by atoms with E-state index in [2.05, 4.69) is 29.8 Å². The third kappa shape index (κ3) is 2.23. The van der Waals surface area contributed by atoms with Gasteiger partial charge in [0, 0.05) is 15.5 Å². The number of hydrogen-bond acceptors (Lipinski definition) is 3. The zero-order valence-corrected chi connectivity index (χ0v) is 13.6. The molecule has 3 aliphatic rings. The van der Waals surface area contributed by atoms with Gasteiger partial charge in [0.2, 0.25) is 0 Å². The summed E-state index contributed by atoms with van der Waals surface area (Å²) < 4.78 is 19.3. The Morgan fingerprint density at radius 1 is 1.15 bits per heavy atom. The maximum atomic E-state index is 6.24. The number of rotatable bonds is 4. The normalized spacial score (nSPS) is 36.2. The summed E-state index contributed by atoms with van der Waals surface area (Å²) in [7, 11) is 0. The lowest BCUT2D eigenvalue weighted by molar-refractivity contribution is -0.500. The zero-order valence-electron chi connectivity index (χ0n) is 12.0. The SMILES string of the molecule is CCCC12COC(c3ccc(Br)cc3)(OC1)OC2CC. The van der Waals surface area contributed by atoms with Crippen molar-refractivity contribution in [3.8, 4) is 0 Å². The minimum atomic E-state index is -1.00. The Kier molecular flexibility index (Phi) is 3.93. The Bertz CT molecular complexity index is 463. The first-order valence-corrected chi connectivity index (χ1v) is 8.15. The van der Waals surface area contributed by atoms with E-state index in [1.54, 1.807) is 0 Å². The van der Waals surface area contributed by atoms with Crippen LogP contribution in [-0.4, -0.2) is 19.3 Å². The summed E-state index contributed by atoms with van der Waals surface area (Å²) in [5.74, 6) is -1.00. The van der Waals surface area contributed by atoms with Crippen LogP contribution in [0.5, 0.6) is 0 Å². The minimum absolute atomic E-state index is 0.0284. The molecule has 0 aromatic heterocycles. The van der Waals surface area contributed by atoms with Crippen molar-refractivity contribution in [3.05, 3.63) is 34.3 Å². The first kappa shape index (κ1) is 14.5. The van der Waals surface area contributed by atoms with E-state index in [1.165, 1.54) is 0 Å². The fourth-order valence-electron chi connectivity index (χ4n) is 3.34. The van der Waals surface area contributed by atoms with Crippen molar-refractivity contribution in [3.63, 3.8) is 0 Å². The molecule has 0 saturated carbocycles. The molecule has 110 valence electrons. The van der Waals surface area contributed by atoms with Gasteiger partial charge in [-0.15, -0.1) is 0 Å². The number of halogens is 1. The summed E-state index contributed by atoms with van der Waals surface area (Å²) in [6.45, 7) is 5.82. The van der Waals surface area contributed by atoms with Crippen LogP contribution in [0, 0.1) is 5.41 Å². The fraction of sp³-hybridized carbons (Fsp3) is 0.625. The van der Waals surface area contributed by atoms with Crippen molar-refractivity contribution in [2.24, 2.45) is 5.41 Å². The van der Waals surface area contributed by atoms with Gasteiger partial charge >= 0.3 is 5.97 Å². The first-order valence-electron chi connectivity index (χ1n) is 7.36. The van der Waals surface area contributed by atoms with Gasteiger partial charge in [-0.3, -0.25) is 0 Å². The lowest BCUT2D eigenvalue weighted by atomic mass is 9.76. The molecule has 1 atom stereocenters. The predicted octanol–water partition coefficient (Wildman–Crippen LogP) is 4.20. The van der Waals surface area contributed by atoms with Gasteiger partial charge in [-0.25, -0.2) is 0 Å². The fourth-order valence-corrected chi connectivity index (χ4v) is 3.60. The molecular weight excluding hydrogens is 320 g/mol. The molecule has 3 fully saturated rings. The first-order chi connectivity index (χ1) is 9.64. The molecule has 0 aliphatic carbocycles.